The second-order valence-electron chi connectivity index (χ2n) is 7.69. The summed E-state index contributed by atoms with van der Waals surface area (Å²) in [7, 11) is 0. The van der Waals surface area contributed by atoms with Crippen molar-refractivity contribution in [1.82, 2.24) is 24.3 Å². The first-order valence-electron chi connectivity index (χ1n) is 10.3. The SMILES string of the molecule is CCCN(CCC)Cc1cnc(-c2ncn3c2[C@@H]2CCN2C(=O)c2sccc2-3)o1. The molecule has 1 amide bonds. The Labute approximate surface area is 174 Å². The molecule has 7 nitrogen and oxygen atoms in total. The Bertz CT molecular complexity index is 1030. The molecule has 1 fully saturated rings. The third-order valence-electron chi connectivity index (χ3n) is 5.71. The summed E-state index contributed by atoms with van der Waals surface area (Å²) in [5.74, 6) is 1.51. The molecule has 0 aliphatic carbocycles. The minimum absolute atomic E-state index is 0.0339. The monoisotopic (exact) mass is 411 g/mol. The van der Waals surface area contributed by atoms with Gasteiger partial charge in [-0.05, 0) is 43.8 Å². The first-order valence-corrected chi connectivity index (χ1v) is 11.2. The fourth-order valence-electron chi connectivity index (χ4n) is 4.34. The van der Waals surface area contributed by atoms with E-state index in [2.05, 4.69) is 28.7 Å². The highest BCUT2D eigenvalue weighted by atomic mass is 32.1. The van der Waals surface area contributed by atoms with E-state index in [1.54, 1.807) is 6.33 Å². The molecule has 5 heterocycles. The molecule has 3 aromatic rings. The van der Waals surface area contributed by atoms with Crippen molar-refractivity contribution in [3.63, 3.8) is 0 Å². The summed E-state index contributed by atoms with van der Waals surface area (Å²) in [6.07, 6.45) is 6.79. The van der Waals surface area contributed by atoms with Crippen molar-refractivity contribution in [1.29, 1.82) is 0 Å². The third-order valence-corrected chi connectivity index (χ3v) is 6.61. The van der Waals surface area contributed by atoms with E-state index < -0.39 is 0 Å². The van der Waals surface area contributed by atoms with E-state index in [-0.39, 0.29) is 11.9 Å². The van der Waals surface area contributed by atoms with Crippen LogP contribution < -0.4 is 0 Å². The average molecular weight is 412 g/mol. The van der Waals surface area contributed by atoms with Crippen LogP contribution in [0.25, 0.3) is 17.3 Å². The van der Waals surface area contributed by atoms with Crippen LogP contribution >= 0.6 is 11.3 Å². The van der Waals surface area contributed by atoms with Gasteiger partial charge in [0, 0.05) is 6.54 Å². The summed E-state index contributed by atoms with van der Waals surface area (Å²) in [6.45, 7) is 8.02. The van der Waals surface area contributed by atoms with E-state index in [1.807, 2.05) is 27.1 Å². The van der Waals surface area contributed by atoms with Crippen molar-refractivity contribution < 1.29 is 9.21 Å². The summed E-state index contributed by atoms with van der Waals surface area (Å²) in [5, 5.41) is 1.96. The fraction of sp³-hybridized carbons (Fsp3) is 0.476. The van der Waals surface area contributed by atoms with Crippen LogP contribution in [0.1, 0.15) is 60.3 Å². The maximum atomic E-state index is 12.9. The van der Waals surface area contributed by atoms with Crippen LogP contribution in [0, 0.1) is 0 Å². The Morgan fingerprint density at radius 3 is 2.83 bits per heavy atom. The minimum atomic E-state index is 0.0339. The highest BCUT2D eigenvalue weighted by Crippen LogP contribution is 2.44. The van der Waals surface area contributed by atoms with Crippen LogP contribution in [-0.4, -0.2) is 49.9 Å². The molecule has 0 N–H and O–H groups in total. The normalized spacial score (nSPS) is 17.7. The number of hydrogen-bond acceptors (Lipinski definition) is 6. The summed E-state index contributed by atoms with van der Waals surface area (Å²) >= 11 is 1.49. The fourth-order valence-corrected chi connectivity index (χ4v) is 5.18. The number of amides is 1. The van der Waals surface area contributed by atoms with Gasteiger partial charge in [-0.1, -0.05) is 13.8 Å². The van der Waals surface area contributed by atoms with E-state index in [0.29, 0.717) is 5.89 Å². The Morgan fingerprint density at radius 2 is 2.10 bits per heavy atom. The number of carbonyl (C=O) groups is 1. The number of thiophene rings is 1. The highest BCUT2D eigenvalue weighted by Gasteiger charge is 2.42. The van der Waals surface area contributed by atoms with Gasteiger partial charge in [0.05, 0.1) is 30.2 Å². The lowest BCUT2D eigenvalue weighted by Crippen LogP contribution is -2.44. The molecule has 0 saturated carbocycles. The van der Waals surface area contributed by atoms with Crippen LogP contribution in [-0.2, 0) is 6.54 Å². The Hall–Kier alpha value is -2.45. The number of nitrogens with zero attached hydrogens (tertiary/aromatic N) is 5. The lowest BCUT2D eigenvalue weighted by atomic mass is 9.98. The standard InChI is InChI=1S/C21H25N5O2S/c1-3-7-24(8-4-2)12-14-11-22-20(28-14)17-18-15-5-9-25(15)21(27)19-16(6-10-29-19)26(18)13-23-17/h6,10-11,13,15H,3-5,7-9,12H2,1-2H3/t15-/m0/s1. The molecule has 2 aliphatic heterocycles. The van der Waals surface area contributed by atoms with Gasteiger partial charge < -0.3 is 9.32 Å². The average Bonchev–Trinajstić information content (AvgIpc) is 3.39. The van der Waals surface area contributed by atoms with Crippen molar-refractivity contribution in [2.75, 3.05) is 19.6 Å². The van der Waals surface area contributed by atoms with Gasteiger partial charge >= 0.3 is 0 Å². The van der Waals surface area contributed by atoms with Crippen molar-refractivity contribution >= 4 is 17.2 Å². The second-order valence-corrected chi connectivity index (χ2v) is 8.61. The molecule has 0 aromatic carbocycles. The quantitative estimate of drug-likeness (QED) is 0.585. The van der Waals surface area contributed by atoms with Gasteiger partial charge in [0.15, 0.2) is 0 Å². The number of carbonyl (C=O) groups excluding carboxylic acids is 1. The van der Waals surface area contributed by atoms with Gasteiger partial charge in [0.1, 0.15) is 22.7 Å². The number of fused-ring (bicyclic) bond motifs is 5. The topological polar surface area (TPSA) is 67.4 Å². The zero-order valence-electron chi connectivity index (χ0n) is 16.8. The maximum Gasteiger partial charge on any atom is 0.266 e. The molecule has 0 unspecified atom stereocenters. The van der Waals surface area contributed by atoms with Gasteiger partial charge in [0.2, 0.25) is 5.89 Å². The first-order chi connectivity index (χ1) is 14.2. The Kier molecular flexibility index (Phi) is 4.75. The number of hydrogen-bond donors (Lipinski definition) is 0. The van der Waals surface area contributed by atoms with Crippen LogP contribution in [0.3, 0.4) is 0 Å². The van der Waals surface area contributed by atoms with Gasteiger partial charge in [-0.2, -0.15) is 0 Å². The molecule has 1 saturated heterocycles. The van der Waals surface area contributed by atoms with E-state index in [9.17, 15) is 4.79 Å². The van der Waals surface area contributed by atoms with Crippen molar-refractivity contribution in [2.45, 2.75) is 45.7 Å². The van der Waals surface area contributed by atoms with Crippen molar-refractivity contribution in [3.8, 4) is 17.3 Å². The molecule has 0 spiro atoms. The molecule has 2 aliphatic rings. The zero-order valence-corrected chi connectivity index (χ0v) is 17.6. The zero-order chi connectivity index (χ0) is 20.0. The molecule has 1 atom stereocenters. The van der Waals surface area contributed by atoms with Crippen molar-refractivity contribution in [2.24, 2.45) is 0 Å². The lowest BCUT2D eigenvalue weighted by molar-refractivity contribution is 0.0466. The van der Waals surface area contributed by atoms with E-state index >= 15 is 0 Å². The summed E-state index contributed by atoms with van der Waals surface area (Å²) in [6, 6.07) is 2.03. The largest absolute Gasteiger partial charge is 0.438 e. The van der Waals surface area contributed by atoms with Crippen LogP contribution in [0.5, 0.6) is 0 Å². The smallest absolute Gasteiger partial charge is 0.266 e. The number of aromatic nitrogens is 3. The Balaban J connectivity index is 1.50. The number of oxazole rings is 1. The second kappa shape index (κ2) is 7.42. The highest BCUT2D eigenvalue weighted by molar-refractivity contribution is 7.12. The van der Waals surface area contributed by atoms with Gasteiger partial charge in [0.25, 0.3) is 5.91 Å². The third kappa shape index (κ3) is 3.02. The van der Waals surface area contributed by atoms with Gasteiger partial charge in [-0.3, -0.25) is 14.3 Å². The molecular weight excluding hydrogens is 386 g/mol. The predicted octanol–water partition coefficient (Wildman–Crippen LogP) is 4.11. The molecule has 152 valence electrons. The van der Waals surface area contributed by atoms with Crippen LogP contribution in [0.15, 0.2) is 28.4 Å². The summed E-state index contributed by atoms with van der Waals surface area (Å²) in [4.78, 5) is 27.2. The lowest BCUT2D eigenvalue weighted by Gasteiger charge is -2.39. The van der Waals surface area contributed by atoms with Crippen molar-refractivity contribution in [3.05, 3.63) is 40.3 Å². The van der Waals surface area contributed by atoms with Gasteiger partial charge in [-0.15, -0.1) is 11.3 Å². The first kappa shape index (κ1) is 18.6. The van der Waals surface area contributed by atoms with E-state index in [0.717, 1.165) is 73.2 Å². The van der Waals surface area contributed by atoms with Crippen LogP contribution in [0.2, 0.25) is 0 Å². The minimum Gasteiger partial charge on any atom is -0.438 e. The van der Waals surface area contributed by atoms with E-state index in [1.165, 1.54) is 11.3 Å². The Morgan fingerprint density at radius 1 is 1.28 bits per heavy atom. The number of rotatable bonds is 7. The molecule has 0 radical (unpaired) electrons. The maximum absolute atomic E-state index is 12.9. The molecule has 5 rings (SSSR count). The molecule has 0 bridgehead atoms. The molecular formula is C21H25N5O2S. The van der Waals surface area contributed by atoms with Crippen LogP contribution in [0.4, 0.5) is 0 Å². The molecule has 29 heavy (non-hydrogen) atoms. The van der Waals surface area contributed by atoms with Gasteiger partial charge in [-0.25, -0.2) is 9.97 Å². The molecule has 3 aromatic heterocycles. The summed E-state index contributed by atoms with van der Waals surface area (Å²) < 4.78 is 8.18. The van der Waals surface area contributed by atoms with E-state index in [4.69, 9.17) is 4.42 Å². The predicted molar refractivity (Wildman–Crippen MR) is 111 cm³/mol. The number of imidazole rings is 1. The molecule has 8 heteroatoms. The summed E-state index contributed by atoms with van der Waals surface area (Å²) in [5.41, 5.74) is 2.66.